The number of nitrogens with zero attached hydrogens (tertiary/aromatic N) is 1. The number of carboxylic acids is 1. The first-order valence-electron chi connectivity index (χ1n) is 8.33. The number of halogens is 1. The Hall–Kier alpha value is -1.84. The fraction of sp³-hybridized carbons (Fsp3) is 0.500. The zero-order valence-electron chi connectivity index (χ0n) is 13.8. The minimum atomic E-state index is -1.000. The van der Waals surface area contributed by atoms with Crippen molar-refractivity contribution in [2.45, 2.75) is 39.0 Å². The Morgan fingerprint density at radius 2 is 2.16 bits per heavy atom. The average Bonchev–Trinajstić information content (AvgIpc) is 2.90. The van der Waals surface area contributed by atoms with Crippen LogP contribution in [0.5, 0.6) is 0 Å². The van der Waals surface area contributed by atoms with E-state index in [4.69, 9.17) is 11.6 Å². The summed E-state index contributed by atoms with van der Waals surface area (Å²) in [5.74, 6) is -2.36. The van der Waals surface area contributed by atoms with Gasteiger partial charge in [0.25, 0.3) is 0 Å². The third kappa shape index (κ3) is 3.58. The molecule has 0 spiro atoms. The topological polar surface area (TPSA) is 90.2 Å². The minimum Gasteiger partial charge on any atom is -0.481 e. The molecule has 3 atom stereocenters. The van der Waals surface area contributed by atoms with E-state index in [1.54, 1.807) is 6.08 Å². The van der Waals surface area contributed by atoms with Gasteiger partial charge in [-0.1, -0.05) is 24.6 Å². The first-order chi connectivity index (χ1) is 11.9. The van der Waals surface area contributed by atoms with Crippen LogP contribution < -0.4 is 5.32 Å². The molecule has 1 aromatic heterocycles. The Morgan fingerprint density at radius 3 is 2.84 bits per heavy atom. The van der Waals surface area contributed by atoms with Crippen molar-refractivity contribution in [3.63, 3.8) is 0 Å². The Bertz CT molecular complexity index is 793. The summed E-state index contributed by atoms with van der Waals surface area (Å²) in [6.07, 6.45) is 4.97. The number of carboxylic acid groups (broad SMARTS) is 1. The number of anilines is 1. The zero-order chi connectivity index (χ0) is 18.1. The van der Waals surface area contributed by atoms with E-state index < -0.39 is 17.8 Å². The fourth-order valence-electron chi connectivity index (χ4n) is 3.57. The van der Waals surface area contributed by atoms with E-state index >= 15 is 0 Å². The molecule has 7 heteroatoms. The van der Waals surface area contributed by atoms with Gasteiger partial charge in [-0.15, -0.1) is 11.3 Å². The van der Waals surface area contributed by atoms with Crippen molar-refractivity contribution in [3.8, 4) is 6.07 Å². The summed E-state index contributed by atoms with van der Waals surface area (Å²) < 4.78 is 0. The summed E-state index contributed by atoms with van der Waals surface area (Å²) in [4.78, 5) is 25.3. The highest BCUT2D eigenvalue weighted by atomic mass is 35.5. The largest absolute Gasteiger partial charge is 0.481 e. The van der Waals surface area contributed by atoms with Crippen LogP contribution in [0.15, 0.2) is 11.1 Å². The van der Waals surface area contributed by atoms with Crippen molar-refractivity contribution >= 4 is 39.8 Å². The maximum Gasteiger partial charge on any atom is 0.307 e. The molecule has 2 N–H and O–H groups in total. The number of nitriles is 1. The number of carbonyl (C=O) groups excluding carboxylic acids is 1. The first-order valence-corrected chi connectivity index (χ1v) is 9.53. The van der Waals surface area contributed by atoms with Gasteiger partial charge in [0.2, 0.25) is 5.91 Å². The Kier molecular flexibility index (Phi) is 5.16. The standard InChI is InChI=1S/C18H19ClN2O3S/c1-9-2-5-15-12(6-9)14(8-20)17(25-15)21-16(22)13-7-10(19)3-4-11(13)18(23)24/h3,9,11,13H,2,4-7H2,1H3,(H,21,22)(H,23,24)/t9-,11+,13+/m1/s1. The summed E-state index contributed by atoms with van der Waals surface area (Å²) in [5.41, 5.74) is 1.57. The lowest BCUT2D eigenvalue weighted by molar-refractivity contribution is -0.146. The minimum absolute atomic E-state index is 0.217. The molecule has 25 heavy (non-hydrogen) atoms. The molecule has 132 valence electrons. The van der Waals surface area contributed by atoms with Crippen molar-refractivity contribution in [1.82, 2.24) is 0 Å². The number of thiophene rings is 1. The van der Waals surface area contributed by atoms with E-state index in [1.807, 2.05) is 0 Å². The van der Waals surface area contributed by atoms with Gasteiger partial charge in [0.05, 0.1) is 17.4 Å². The van der Waals surface area contributed by atoms with Crippen molar-refractivity contribution < 1.29 is 14.7 Å². The van der Waals surface area contributed by atoms with Crippen LogP contribution in [-0.4, -0.2) is 17.0 Å². The number of fused-ring (bicyclic) bond motifs is 1. The van der Waals surface area contributed by atoms with E-state index in [-0.39, 0.29) is 18.7 Å². The molecule has 0 bridgehead atoms. The Labute approximate surface area is 155 Å². The van der Waals surface area contributed by atoms with E-state index in [0.717, 1.165) is 29.7 Å². The molecule has 0 aromatic carbocycles. The number of nitrogens with one attached hydrogen (secondary N) is 1. The maximum absolute atomic E-state index is 12.7. The molecule has 1 amide bonds. The molecule has 0 saturated heterocycles. The summed E-state index contributed by atoms with van der Waals surface area (Å²) in [6, 6.07) is 2.22. The number of rotatable bonds is 3. The highest BCUT2D eigenvalue weighted by Crippen LogP contribution is 2.40. The second-order valence-electron chi connectivity index (χ2n) is 6.80. The molecular formula is C18H19ClN2O3S. The van der Waals surface area contributed by atoms with Crippen LogP contribution in [0.25, 0.3) is 0 Å². The maximum atomic E-state index is 12.7. The van der Waals surface area contributed by atoms with Gasteiger partial charge in [0.1, 0.15) is 11.1 Å². The quantitative estimate of drug-likeness (QED) is 0.834. The molecule has 5 nitrogen and oxygen atoms in total. The predicted octanol–water partition coefficient (Wildman–Crippen LogP) is 3.92. The molecule has 0 radical (unpaired) electrons. The Morgan fingerprint density at radius 1 is 1.40 bits per heavy atom. The average molecular weight is 379 g/mol. The lowest BCUT2D eigenvalue weighted by Gasteiger charge is -2.25. The molecular weight excluding hydrogens is 360 g/mol. The number of hydrogen-bond acceptors (Lipinski definition) is 4. The predicted molar refractivity (Wildman–Crippen MR) is 96.6 cm³/mol. The van der Waals surface area contributed by atoms with Gasteiger partial charge in [0.15, 0.2) is 0 Å². The van der Waals surface area contributed by atoms with E-state index in [1.165, 1.54) is 11.3 Å². The molecule has 2 aliphatic rings. The van der Waals surface area contributed by atoms with Gasteiger partial charge in [-0.3, -0.25) is 9.59 Å². The van der Waals surface area contributed by atoms with Crippen LogP contribution in [-0.2, 0) is 22.4 Å². The molecule has 3 rings (SSSR count). The number of amides is 1. The van der Waals surface area contributed by atoms with Crippen molar-refractivity contribution in [2.24, 2.45) is 17.8 Å². The van der Waals surface area contributed by atoms with Crippen molar-refractivity contribution in [1.29, 1.82) is 5.26 Å². The van der Waals surface area contributed by atoms with Crippen molar-refractivity contribution in [3.05, 3.63) is 27.1 Å². The SMILES string of the molecule is C[C@@H]1CCc2sc(NC(=O)[C@H]3CC(Cl)=CC[C@@H]3C(=O)O)c(C#N)c2C1. The van der Waals surface area contributed by atoms with Crippen LogP contribution >= 0.6 is 22.9 Å². The highest BCUT2D eigenvalue weighted by molar-refractivity contribution is 7.16. The monoisotopic (exact) mass is 378 g/mol. The Balaban J connectivity index is 1.85. The number of hydrogen-bond donors (Lipinski definition) is 2. The molecule has 0 saturated carbocycles. The van der Waals surface area contributed by atoms with Crippen LogP contribution in [0.2, 0.25) is 0 Å². The molecule has 0 aliphatic heterocycles. The lowest BCUT2D eigenvalue weighted by atomic mass is 9.82. The fourth-order valence-corrected chi connectivity index (χ4v) is 5.02. The van der Waals surface area contributed by atoms with Gasteiger partial charge in [-0.2, -0.15) is 5.26 Å². The van der Waals surface area contributed by atoms with Gasteiger partial charge in [-0.05, 0) is 43.6 Å². The molecule has 0 fully saturated rings. The van der Waals surface area contributed by atoms with Crippen LogP contribution in [0.3, 0.4) is 0 Å². The number of aliphatic carboxylic acids is 1. The van der Waals surface area contributed by atoms with Crippen molar-refractivity contribution in [2.75, 3.05) is 5.32 Å². The van der Waals surface area contributed by atoms with Crippen LogP contribution in [0.1, 0.15) is 42.2 Å². The highest BCUT2D eigenvalue weighted by Gasteiger charge is 2.37. The number of allylic oxidation sites excluding steroid dienone is 2. The number of carbonyl (C=O) groups is 2. The summed E-state index contributed by atoms with van der Waals surface area (Å²) in [6.45, 7) is 2.16. The first kappa shape index (κ1) is 18.0. The lowest BCUT2D eigenvalue weighted by Crippen LogP contribution is -2.35. The third-order valence-corrected chi connectivity index (χ3v) is 6.52. The van der Waals surface area contributed by atoms with E-state index in [9.17, 15) is 20.0 Å². The van der Waals surface area contributed by atoms with Gasteiger partial charge >= 0.3 is 5.97 Å². The van der Waals surface area contributed by atoms with Gasteiger partial charge in [-0.25, -0.2) is 0 Å². The zero-order valence-corrected chi connectivity index (χ0v) is 15.4. The second kappa shape index (κ2) is 7.19. The molecule has 1 aromatic rings. The molecule has 2 aliphatic carbocycles. The molecule has 1 heterocycles. The third-order valence-electron chi connectivity index (χ3n) is 5.00. The smallest absolute Gasteiger partial charge is 0.307 e. The van der Waals surface area contributed by atoms with E-state index in [2.05, 4.69) is 18.3 Å². The number of aryl methyl sites for hydroxylation is 1. The summed E-state index contributed by atoms with van der Waals surface area (Å²) in [7, 11) is 0. The molecule has 0 unspecified atom stereocenters. The van der Waals surface area contributed by atoms with Crippen LogP contribution in [0, 0.1) is 29.1 Å². The van der Waals surface area contributed by atoms with Gasteiger partial charge < -0.3 is 10.4 Å². The summed E-state index contributed by atoms with van der Waals surface area (Å²) in [5, 5.41) is 22.8. The van der Waals surface area contributed by atoms with E-state index in [0.29, 0.717) is 21.5 Å². The summed E-state index contributed by atoms with van der Waals surface area (Å²) >= 11 is 7.47. The second-order valence-corrected chi connectivity index (χ2v) is 8.39. The van der Waals surface area contributed by atoms with Crippen LogP contribution in [0.4, 0.5) is 5.00 Å². The normalized spacial score (nSPS) is 25.5. The van der Waals surface area contributed by atoms with Gasteiger partial charge in [0, 0.05) is 9.91 Å².